The predicted molar refractivity (Wildman–Crippen MR) is 89.2 cm³/mol. The predicted octanol–water partition coefficient (Wildman–Crippen LogP) is 2.35. The lowest BCUT2D eigenvalue weighted by atomic mass is 10.2. The molecule has 0 bridgehead atoms. The number of carbonyl (C=O) groups excluding carboxylic acids is 1. The smallest absolute Gasteiger partial charge is 0.271 e. The van der Waals surface area contributed by atoms with Crippen LogP contribution in [0.1, 0.15) is 35.8 Å². The molecule has 1 aliphatic heterocycles. The average Bonchev–Trinajstić information content (AvgIpc) is 3.08. The van der Waals surface area contributed by atoms with E-state index in [1.165, 1.54) is 6.20 Å². The first-order valence-electron chi connectivity index (χ1n) is 7.99. The number of anilines is 1. The number of aromatic nitrogens is 2. The number of hydrogen-bond acceptors (Lipinski definition) is 6. The Kier molecular flexibility index (Phi) is 5.10. The van der Waals surface area contributed by atoms with Crippen molar-refractivity contribution in [2.45, 2.75) is 26.3 Å². The molecule has 1 aromatic heterocycles. The van der Waals surface area contributed by atoms with Crippen LogP contribution in [0.15, 0.2) is 30.6 Å². The first kappa shape index (κ1) is 16.0. The Labute approximate surface area is 140 Å². The quantitative estimate of drug-likeness (QED) is 0.759. The van der Waals surface area contributed by atoms with Gasteiger partial charge in [-0.1, -0.05) is 19.4 Å². The lowest BCUT2D eigenvalue weighted by molar-refractivity contribution is 0.0945. The molecule has 2 aromatic rings. The van der Waals surface area contributed by atoms with Crippen molar-refractivity contribution in [1.82, 2.24) is 15.3 Å². The van der Waals surface area contributed by atoms with Crippen LogP contribution in [-0.2, 0) is 6.54 Å². The number of rotatable bonds is 7. The van der Waals surface area contributed by atoms with Gasteiger partial charge in [-0.15, -0.1) is 0 Å². The summed E-state index contributed by atoms with van der Waals surface area (Å²) in [6, 6.07) is 5.58. The number of benzene rings is 1. The second kappa shape index (κ2) is 7.63. The van der Waals surface area contributed by atoms with Crippen LogP contribution < -0.4 is 20.1 Å². The highest BCUT2D eigenvalue weighted by Gasteiger charge is 2.14. The van der Waals surface area contributed by atoms with Crippen LogP contribution in [0, 0.1) is 0 Å². The normalized spacial score (nSPS) is 12.0. The number of ether oxygens (including phenoxy) is 2. The summed E-state index contributed by atoms with van der Waals surface area (Å²) in [5.74, 6) is 1.84. The Morgan fingerprint density at radius 2 is 2.08 bits per heavy atom. The Hall–Kier alpha value is -2.83. The minimum Gasteiger partial charge on any atom is -0.454 e. The summed E-state index contributed by atoms with van der Waals surface area (Å²) in [6.45, 7) is 3.59. The second-order valence-electron chi connectivity index (χ2n) is 5.44. The summed E-state index contributed by atoms with van der Waals surface area (Å²) >= 11 is 0. The zero-order valence-corrected chi connectivity index (χ0v) is 13.5. The maximum Gasteiger partial charge on any atom is 0.271 e. The van der Waals surface area contributed by atoms with Crippen molar-refractivity contribution in [3.63, 3.8) is 0 Å². The van der Waals surface area contributed by atoms with Gasteiger partial charge in [0, 0.05) is 13.1 Å². The molecule has 0 saturated heterocycles. The van der Waals surface area contributed by atoms with Crippen LogP contribution in [0.3, 0.4) is 0 Å². The van der Waals surface area contributed by atoms with Crippen molar-refractivity contribution < 1.29 is 14.3 Å². The number of nitrogens with zero attached hydrogens (tertiary/aromatic N) is 2. The molecular formula is C17H20N4O3. The van der Waals surface area contributed by atoms with Gasteiger partial charge in [0.15, 0.2) is 11.5 Å². The third-order valence-corrected chi connectivity index (χ3v) is 3.61. The molecule has 0 fully saturated rings. The maximum atomic E-state index is 12.1. The molecule has 1 aliphatic rings. The van der Waals surface area contributed by atoms with Gasteiger partial charge in [-0.2, -0.15) is 0 Å². The van der Waals surface area contributed by atoms with Crippen LogP contribution in [0.5, 0.6) is 11.5 Å². The van der Waals surface area contributed by atoms with E-state index in [1.54, 1.807) is 6.20 Å². The summed E-state index contributed by atoms with van der Waals surface area (Å²) in [5, 5.41) is 5.98. The molecule has 7 heteroatoms. The van der Waals surface area contributed by atoms with E-state index in [2.05, 4.69) is 27.5 Å². The SMILES string of the molecule is CCCCNc1cnc(C(=O)NCc2ccc3c(c2)OCO3)cn1. The summed E-state index contributed by atoms with van der Waals surface area (Å²) in [7, 11) is 0. The minimum atomic E-state index is -0.264. The number of amides is 1. The molecule has 7 nitrogen and oxygen atoms in total. The molecule has 1 aromatic carbocycles. The topological polar surface area (TPSA) is 85.4 Å². The second-order valence-corrected chi connectivity index (χ2v) is 5.44. The molecule has 0 unspecified atom stereocenters. The van der Waals surface area contributed by atoms with Gasteiger partial charge in [0.2, 0.25) is 6.79 Å². The van der Waals surface area contributed by atoms with E-state index in [0.717, 1.165) is 30.7 Å². The molecule has 0 atom stereocenters. The molecule has 3 rings (SSSR count). The fourth-order valence-corrected chi connectivity index (χ4v) is 2.25. The van der Waals surface area contributed by atoms with Crippen LogP contribution in [0.4, 0.5) is 5.82 Å². The highest BCUT2D eigenvalue weighted by molar-refractivity contribution is 5.91. The third kappa shape index (κ3) is 3.92. The average molecular weight is 328 g/mol. The molecular weight excluding hydrogens is 308 g/mol. The van der Waals surface area contributed by atoms with Crippen molar-refractivity contribution in [2.75, 3.05) is 18.7 Å². The highest BCUT2D eigenvalue weighted by atomic mass is 16.7. The van der Waals surface area contributed by atoms with Crippen molar-refractivity contribution in [3.8, 4) is 11.5 Å². The molecule has 126 valence electrons. The van der Waals surface area contributed by atoms with Crippen molar-refractivity contribution in [3.05, 3.63) is 41.9 Å². The lowest BCUT2D eigenvalue weighted by Crippen LogP contribution is -2.24. The van der Waals surface area contributed by atoms with Gasteiger partial charge in [0.25, 0.3) is 5.91 Å². The van der Waals surface area contributed by atoms with E-state index in [-0.39, 0.29) is 18.4 Å². The third-order valence-electron chi connectivity index (χ3n) is 3.61. The number of nitrogens with one attached hydrogen (secondary N) is 2. The zero-order chi connectivity index (χ0) is 16.8. The van der Waals surface area contributed by atoms with E-state index in [4.69, 9.17) is 9.47 Å². The van der Waals surface area contributed by atoms with Gasteiger partial charge in [-0.25, -0.2) is 9.97 Å². The molecule has 0 aliphatic carbocycles. The van der Waals surface area contributed by atoms with Crippen molar-refractivity contribution in [2.24, 2.45) is 0 Å². The van der Waals surface area contributed by atoms with Gasteiger partial charge in [0.05, 0.1) is 12.4 Å². The van der Waals surface area contributed by atoms with Crippen molar-refractivity contribution in [1.29, 1.82) is 0 Å². The Balaban J connectivity index is 1.53. The first-order valence-corrected chi connectivity index (χ1v) is 7.99. The number of carbonyl (C=O) groups is 1. The first-order chi connectivity index (χ1) is 11.8. The Bertz CT molecular complexity index is 703. The minimum absolute atomic E-state index is 0.235. The van der Waals surface area contributed by atoms with Crippen molar-refractivity contribution >= 4 is 11.7 Å². The molecule has 24 heavy (non-hydrogen) atoms. The van der Waals surface area contributed by atoms with Gasteiger partial charge in [-0.3, -0.25) is 4.79 Å². The monoisotopic (exact) mass is 328 g/mol. The van der Waals surface area contributed by atoms with E-state index in [1.807, 2.05) is 18.2 Å². The Morgan fingerprint density at radius 1 is 1.21 bits per heavy atom. The molecule has 0 spiro atoms. The van der Waals surface area contributed by atoms with E-state index >= 15 is 0 Å². The van der Waals surface area contributed by atoms with Gasteiger partial charge in [-0.05, 0) is 24.1 Å². The Morgan fingerprint density at radius 3 is 2.88 bits per heavy atom. The summed E-state index contributed by atoms with van der Waals surface area (Å²) < 4.78 is 10.6. The maximum absolute atomic E-state index is 12.1. The molecule has 0 radical (unpaired) electrons. The summed E-state index contributed by atoms with van der Waals surface area (Å²) in [4.78, 5) is 20.5. The van der Waals surface area contributed by atoms with E-state index < -0.39 is 0 Å². The van der Waals surface area contributed by atoms with Crippen LogP contribution in [0.25, 0.3) is 0 Å². The summed E-state index contributed by atoms with van der Waals surface area (Å²) in [6.07, 6.45) is 5.23. The van der Waals surface area contributed by atoms with Crippen LogP contribution in [-0.4, -0.2) is 29.2 Å². The number of unbranched alkanes of at least 4 members (excludes halogenated alkanes) is 1. The van der Waals surface area contributed by atoms with Crippen LogP contribution >= 0.6 is 0 Å². The standard InChI is InChI=1S/C17H20N4O3/c1-2-3-6-18-16-10-19-13(9-20-16)17(22)21-8-12-4-5-14-15(7-12)24-11-23-14/h4-5,7,9-10H,2-3,6,8,11H2,1H3,(H,18,20)(H,21,22). The molecule has 1 amide bonds. The van der Waals surface area contributed by atoms with E-state index in [0.29, 0.717) is 18.1 Å². The van der Waals surface area contributed by atoms with E-state index in [9.17, 15) is 4.79 Å². The zero-order valence-electron chi connectivity index (χ0n) is 13.5. The molecule has 2 N–H and O–H groups in total. The van der Waals surface area contributed by atoms with Gasteiger partial charge in [0.1, 0.15) is 11.5 Å². The number of fused-ring (bicyclic) bond motifs is 1. The molecule has 0 saturated carbocycles. The fourth-order valence-electron chi connectivity index (χ4n) is 2.25. The number of hydrogen-bond donors (Lipinski definition) is 2. The largest absolute Gasteiger partial charge is 0.454 e. The lowest BCUT2D eigenvalue weighted by Gasteiger charge is -2.07. The summed E-state index contributed by atoms with van der Waals surface area (Å²) in [5.41, 5.74) is 1.22. The highest BCUT2D eigenvalue weighted by Crippen LogP contribution is 2.32. The van der Waals surface area contributed by atoms with Gasteiger partial charge >= 0.3 is 0 Å². The van der Waals surface area contributed by atoms with Gasteiger partial charge < -0.3 is 20.1 Å². The fraction of sp³-hybridized carbons (Fsp3) is 0.353. The molecule has 2 heterocycles. The van der Waals surface area contributed by atoms with Crippen LogP contribution in [0.2, 0.25) is 0 Å².